The first-order valence-electron chi connectivity index (χ1n) is 9.51. The smallest absolute Gasteiger partial charge is 0.224 e. The van der Waals surface area contributed by atoms with Crippen LogP contribution in [0.5, 0.6) is 0 Å². The lowest BCUT2D eigenvalue weighted by atomic mass is 10.2. The summed E-state index contributed by atoms with van der Waals surface area (Å²) in [5.74, 6) is 1.73. The fraction of sp³-hybridized carbons (Fsp3) is 0.500. The monoisotopic (exact) mass is 388 g/mol. The number of benzene rings is 1. The first kappa shape index (κ1) is 19.7. The molecular formula is C20H29ClN6. The van der Waals surface area contributed by atoms with Crippen LogP contribution in [0.25, 0.3) is 0 Å². The maximum atomic E-state index is 6.13. The number of anilines is 3. The van der Waals surface area contributed by atoms with Gasteiger partial charge in [-0.25, -0.2) is 4.98 Å². The number of halogens is 1. The minimum absolute atomic E-state index is 0.723. The highest BCUT2D eigenvalue weighted by Crippen LogP contribution is 2.23. The molecule has 27 heavy (non-hydrogen) atoms. The quantitative estimate of drug-likeness (QED) is 0.735. The lowest BCUT2D eigenvalue weighted by Crippen LogP contribution is -2.46. The Morgan fingerprint density at radius 3 is 2.52 bits per heavy atom. The number of hydrogen-bond donors (Lipinski definition) is 1. The Balaban J connectivity index is 1.58. The highest BCUT2D eigenvalue weighted by Gasteiger charge is 2.19. The number of piperazine rings is 1. The van der Waals surface area contributed by atoms with E-state index >= 15 is 0 Å². The molecule has 0 radical (unpaired) electrons. The van der Waals surface area contributed by atoms with E-state index in [0.29, 0.717) is 0 Å². The van der Waals surface area contributed by atoms with E-state index in [2.05, 4.69) is 51.2 Å². The molecule has 2 heterocycles. The van der Waals surface area contributed by atoms with Crippen molar-refractivity contribution in [3.05, 3.63) is 41.0 Å². The van der Waals surface area contributed by atoms with Gasteiger partial charge in [0.2, 0.25) is 5.95 Å². The summed E-state index contributed by atoms with van der Waals surface area (Å²) >= 11 is 6.13. The molecule has 0 unspecified atom stereocenters. The van der Waals surface area contributed by atoms with Crippen LogP contribution in [0.3, 0.4) is 0 Å². The van der Waals surface area contributed by atoms with Crippen LogP contribution in [0.1, 0.15) is 12.1 Å². The molecule has 1 aliphatic rings. The average Bonchev–Trinajstić information content (AvgIpc) is 2.65. The second kappa shape index (κ2) is 9.24. The zero-order valence-electron chi connectivity index (χ0n) is 16.5. The second-order valence-corrected chi connectivity index (χ2v) is 7.67. The summed E-state index contributed by atoms with van der Waals surface area (Å²) in [6, 6.07) is 10.1. The molecule has 3 rings (SSSR count). The molecule has 0 aliphatic carbocycles. The van der Waals surface area contributed by atoms with Crippen LogP contribution in [0, 0.1) is 6.92 Å². The molecular weight excluding hydrogens is 360 g/mol. The molecule has 1 aliphatic heterocycles. The third kappa shape index (κ3) is 5.71. The van der Waals surface area contributed by atoms with Crippen molar-refractivity contribution in [3.8, 4) is 0 Å². The van der Waals surface area contributed by atoms with Crippen LogP contribution in [0.15, 0.2) is 30.3 Å². The molecule has 2 aromatic rings. The summed E-state index contributed by atoms with van der Waals surface area (Å²) in [5.41, 5.74) is 2.18. The molecule has 0 amide bonds. The highest BCUT2D eigenvalue weighted by atomic mass is 35.5. The van der Waals surface area contributed by atoms with Gasteiger partial charge in [-0.1, -0.05) is 17.7 Å². The van der Waals surface area contributed by atoms with Crippen molar-refractivity contribution in [1.29, 1.82) is 0 Å². The van der Waals surface area contributed by atoms with E-state index in [0.717, 1.165) is 68.2 Å². The fourth-order valence-electron chi connectivity index (χ4n) is 3.26. The Hall–Kier alpha value is -2.05. The Morgan fingerprint density at radius 1 is 1.07 bits per heavy atom. The number of nitrogens with one attached hydrogen (secondary N) is 1. The minimum atomic E-state index is 0.723. The third-order valence-electron chi connectivity index (χ3n) is 4.68. The summed E-state index contributed by atoms with van der Waals surface area (Å²) in [6.07, 6.45) is 1.07. The topological polar surface area (TPSA) is 47.5 Å². The second-order valence-electron chi connectivity index (χ2n) is 7.23. The molecule has 1 fully saturated rings. The average molecular weight is 389 g/mol. The maximum Gasteiger partial charge on any atom is 0.224 e. The van der Waals surface area contributed by atoms with E-state index in [1.807, 2.05) is 25.1 Å². The lowest BCUT2D eigenvalue weighted by molar-refractivity contribution is 0.405. The molecule has 0 spiro atoms. The first-order chi connectivity index (χ1) is 13.0. The molecule has 0 bridgehead atoms. The van der Waals surface area contributed by atoms with Gasteiger partial charge in [0.25, 0.3) is 0 Å². The van der Waals surface area contributed by atoms with Gasteiger partial charge in [-0.2, -0.15) is 4.98 Å². The highest BCUT2D eigenvalue weighted by molar-refractivity contribution is 6.30. The van der Waals surface area contributed by atoms with E-state index in [-0.39, 0.29) is 0 Å². The predicted molar refractivity (Wildman–Crippen MR) is 114 cm³/mol. The molecule has 0 saturated carbocycles. The van der Waals surface area contributed by atoms with E-state index in [1.165, 1.54) is 5.69 Å². The van der Waals surface area contributed by atoms with Gasteiger partial charge in [0.15, 0.2) is 0 Å². The SMILES string of the molecule is Cc1cc(N2CCN(c3cccc(Cl)c3)CC2)nc(NCCCN(C)C)n1. The molecule has 0 atom stereocenters. The summed E-state index contributed by atoms with van der Waals surface area (Å²) in [6.45, 7) is 7.73. The van der Waals surface area contributed by atoms with E-state index in [9.17, 15) is 0 Å². The van der Waals surface area contributed by atoms with Crippen LogP contribution in [-0.4, -0.2) is 68.2 Å². The van der Waals surface area contributed by atoms with Crippen LogP contribution in [-0.2, 0) is 0 Å². The van der Waals surface area contributed by atoms with Gasteiger partial charge in [0, 0.05) is 55.2 Å². The van der Waals surface area contributed by atoms with E-state index < -0.39 is 0 Å². The molecule has 1 N–H and O–H groups in total. The van der Waals surface area contributed by atoms with Crippen molar-refractivity contribution in [2.45, 2.75) is 13.3 Å². The van der Waals surface area contributed by atoms with E-state index in [4.69, 9.17) is 16.6 Å². The third-order valence-corrected chi connectivity index (χ3v) is 4.92. The Kier molecular flexibility index (Phi) is 6.74. The van der Waals surface area contributed by atoms with Gasteiger partial charge in [0.1, 0.15) is 5.82 Å². The summed E-state index contributed by atoms with van der Waals surface area (Å²) in [5, 5.41) is 4.14. The Morgan fingerprint density at radius 2 is 1.81 bits per heavy atom. The molecule has 1 aromatic heterocycles. The van der Waals surface area contributed by atoms with Crippen molar-refractivity contribution in [2.75, 3.05) is 68.5 Å². The van der Waals surface area contributed by atoms with Crippen molar-refractivity contribution in [2.24, 2.45) is 0 Å². The number of aryl methyl sites for hydroxylation is 1. The van der Waals surface area contributed by atoms with Gasteiger partial charge in [0.05, 0.1) is 0 Å². The van der Waals surface area contributed by atoms with Gasteiger partial charge in [-0.15, -0.1) is 0 Å². The number of rotatable bonds is 7. The largest absolute Gasteiger partial charge is 0.368 e. The Bertz CT molecular complexity index is 743. The van der Waals surface area contributed by atoms with Gasteiger partial charge >= 0.3 is 0 Å². The van der Waals surface area contributed by atoms with Crippen molar-refractivity contribution in [1.82, 2.24) is 14.9 Å². The fourth-order valence-corrected chi connectivity index (χ4v) is 3.44. The zero-order chi connectivity index (χ0) is 19.2. The maximum absolute atomic E-state index is 6.13. The number of hydrogen-bond acceptors (Lipinski definition) is 6. The van der Waals surface area contributed by atoms with Gasteiger partial charge < -0.3 is 20.0 Å². The number of aromatic nitrogens is 2. The molecule has 1 saturated heterocycles. The normalized spacial score (nSPS) is 14.7. The first-order valence-corrected chi connectivity index (χ1v) is 9.89. The van der Waals surface area contributed by atoms with Crippen LogP contribution < -0.4 is 15.1 Å². The van der Waals surface area contributed by atoms with Crippen molar-refractivity contribution >= 4 is 29.1 Å². The standard InChI is InChI=1S/C20H29ClN6/c1-16-14-19(24-20(23-16)22-8-5-9-25(2)3)27-12-10-26(11-13-27)18-7-4-6-17(21)15-18/h4,6-7,14-15H,5,8-13H2,1-3H3,(H,22,23,24). The molecule has 6 nitrogen and oxygen atoms in total. The summed E-state index contributed by atoms with van der Waals surface area (Å²) in [4.78, 5) is 16.2. The zero-order valence-corrected chi connectivity index (χ0v) is 17.2. The van der Waals surface area contributed by atoms with Crippen LogP contribution in [0.4, 0.5) is 17.5 Å². The Labute approximate surface area is 167 Å². The van der Waals surface area contributed by atoms with E-state index in [1.54, 1.807) is 0 Å². The summed E-state index contributed by atoms with van der Waals surface area (Å²) in [7, 11) is 4.18. The van der Waals surface area contributed by atoms with Crippen LogP contribution in [0.2, 0.25) is 5.02 Å². The lowest BCUT2D eigenvalue weighted by Gasteiger charge is -2.37. The molecule has 1 aromatic carbocycles. The molecule has 7 heteroatoms. The minimum Gasteiger partial charge on any atom is -0.368 e. The van der Waals surface area contributed by atoms with Crippen molar-refractivity contribution in [3.63, 3.8) is 0 Å². The van der Waals surface area contributed by atoms with Gasteiger partial charge in [-0.3, -0.25) is 0 Å². The van der Waals surface area contributed by atoms with Gasteiger partial charge in [-0.05, 0) is 52.2 Å². The summed E-state index contributed by atoms with van der Waals surface area (Å²) < 4.78 is 0. The number of nitrogens with zero attached hydrogens (tertiary/aromatic N) is 5. The molecule has 146 valence electrons. The van der Waals surface area contributed by atoms with Crippen molar-refractivity contribution < 1.29 is 0 Å². The predicted octanol–water partition coefficient (Wildman–Crippen LogP) is 3.13. The van der Waals surface area contributed by atoms with Crippen LogP contribution >= 0.6 is 11.6 Å².